The Morgan fingerprint density at radius 2 is 2.00 bits per heavy atom. The van der Waals surface area contributed by atoms with Crippen LogP contribution in [0.1, 0.15) is 39.3 Å². The molecule has 1 N–H and O–H groups in total. The van der Waals surface area contributed by atoms with E-state index in [1.54, 1.807) is 6.07 Å². The summed E-state index contributed by atoms with van der Waals surface area (Å²) < 4.78 is 19.5. The number of rotatable bonds is 6. The highest BCUT2D eigenvalue weighted by Gasteiger charge is 2.16. The molecule has 96 valence electrons. The van der Waals surface area contributed by atoms with Gasteiger partial charge in [0.15, 0.2) is 0 Å². The van der Waals surface area contributed by atoms with E-state index in [2.05, 4.69) is 19.2 Å². The van der Waals surface area contributed by atoms with Gasteiger partial charge in [-0.2, -0.15) is 0 Å². The molecule has 1 rings (SSSR count). The van der Waals surface area contributed by atoms with Crippen LogP contribution in [0.2, 0.25) is 0 Å². The van der Waals surface area contributed by atoms with Crippen molar-refractivity contribution in [3.8, 4) is 5.75 Å². The molecule has 0 saturated heterocycles. The maximum absolute atomic E-state index is 13.8. The minimum atomic E-state index is -0.209. The molecule has 0 radical (unpaired) electrons. The Bertz CT molecular complexity index is 352. The molecule has 0 amide bonds. The van der Waals surface area contributed by atoms with E-state index < -0.39 is 0 Å². The molecule has 17 heavy (non-hydrogen) atoms. The molecule has 1 atom stereocenters. The van der Waals surface area contributed by atoms with Gasteiger partial charge in [0, 0.05) is 11.6 Å². The van der Waals surface area contributed by atoms with Gasteiger partial charge in [0.2, 0.25) is 0 Å². The lowest BCUT2D eigenvalue weighted by Crippen LogP contribution is -2.20. The zero-order valence-corrected chi connectivity index (χ0v) is 11.1. The van der Waals surface area contributed by atoms with Gasteiger partial charge in [0.25, 0.3) is 0 Å². The molecule has 0 spiro atoms. The zero-order valence-electron chi connectivity index (χ0n) is 11.1. The van der Waals surface area contributed by atoms with Crippen molar-refractivity contribution in [1.29, 1.82) is 0 Å². The molecule has 3 heteroatoms. The van der Waals surface area contributed by atoms with Gasteiger partial charge in [-0.15, -0.1) is 0 Å². The zero-order chi connectivity index (χ0) is 12.8. The summed E-state index contributed by atoms with van der Waals surface area (Å²) in [5.74, 6) is 0.868. The number of ether oxygens (including phenoxy) is 1. The van der Waals surface area contributed by atoms with Crippen molar-refractivity contribution in [2.45, 2.75) is 33.7 Å². The van der Waals surface area contributed by atoms with Crippen molar-refractivity contribution >= 4 is 0 Å². The summed E-state index contributed by atoms with van der Waals surface area (Å²) >= 11 is 0. The van der Waals surface area contributed by atoms with Crippen molar-refractivity contribution in [2.75, 3.05) is 13.2 Å². The summed E-state index contributed by atoms with van der Waals surface area (Å²) in [5.41, 5.74) is 0.620. The van der Waals surface area contributed by atoms with Gasteiger partial charge in [-0.05, 0) is 31.5 Å². The summed E-state index contributed by atoms with van der Waals surface area (Å²) in [4.78, 5) is 0. The van der Waals surface area contributed by atoms with E-state index in [0.717, 1.165) is 6.54 Å². The maximum atomic E-state index is 13.8. The summed E-state index contributed by atoms with van der Waals surface area (Å²) in [5, 5.41) is 3.21. The highest BCUT2D eigenvalue weighted by atomic mass is 19.1. The molecule has 1 aromatic carbocycles. The Balaban J connectivity index is 2.91. The number of hydrogen-bond acceptors (Lipinski definition) is 2. The third kappa shape index (κ3) is 4.00. The molecule has 0 heterocycles. The number of halogens is 1. The SMILES string of the molecule is CCNC(C)c1c(F)cccc1OCC(C)C. The number of benzene rings is 1. The van der Waals surface area contributed by atoms with Crippen LogP contribution in [0, 0.1) is 11.7 Å². The molecule has 0 aliphatic carbocycles. The first-order chi connectivity index (χ1) is 8.06. The van der Waals surface area contributed by atoms with Crippen LogP contribution >= 0.6 is 0 Å². The van der Waals surface area contributed by atoms with E-state index in [-0.39, 0.29) is 11.9 Å². The number of hydrogen-bond donors (Lipinski definition) is 1. The van der Waals surface area contributed by atoms with Gasteiger partial charge >= 0.3 is 0 Å². The minimum absolute atomic E-state index is 0.0386. The summed E-state index contributed by atoms with van der Waals surface area (Å²) in [6.45, 7) is 9.52. The second-order valence-electron chi connectivity index (χ2n) is 4.64. The van der Waals surface area contributed by atoms with Crippen LogP contribution in [-0.4, -0.2) is 13.2 Å². The van der Waals surface area contributed by atoms with Gasteiger partial charge in [0.1, 0.15) is 11.6 Å². The Morgan fingerprint density at radius 1 is 1.29 bits per heavy atom. The highest BCUT2D eigenvalue weighted by molar-refractivity contribution is 5.37. The Kier molecular flexibility index (Phi) is 5.42. The Morgan fingerprint density at radius 3 is 2.59 bits per heavy atom. The second-order valence-corrected chi connectivity index (χ2v) is 4.64. The van der Waals surface area contributed by atoms with Crippen LogP contribution in [0.25, 0.3) is 0 Å². The van der Waals surface area contributed by atoms with E-state index in [1.165, 1.54) is 6.07 Å². The van der Waals surface area contributed by atoms with Crippen molar-refractivity contribution in [3.05, 3.63) is 29.6 Å². The topological polar surface area (TPSA) is 21.3 Å². The summed E-state index contributed by atoms with van der Waals surface area (Å²) in [6, 6.07) is 4.95. The fourth-order valence-corrected chi connectivity index (χ4v) is 1.73. The lowest BCUT2D eigenvalue weighted by molar-refractivity contribution is 0.264. The molecule has 0 bridgehead atoms. The number of nitrogens with one attached hydrogen (secondary N) is 1. The van der Waals surface area contributed by atoms with Crippen molar-refractivity contribution in [3.63, 3.8) is 0 Å². The summed E-state index contributed by atoms with van der Waals surface area (Å²) in [7, 11) is 0. The van der Waals surface area contributed by atoms with Crippen molar-refractivity contribution in [1.82, 2.24) is 5.32 Å². The maximum Gasteiger partial charge on any atom is 0.131 e. The first-order valence-corrected chi connectivity index (χ1v) is 6.20. The first-order valence-electron chi connectivity index (χ1n) is 6.20. The quantitative estimate of drug-likeness (QED) is 0.820. The largest absolute Gasteiger partial charge is 0.493 e. The van der Waals surface area contributed by atoms with Crippen LogP contribution in [0.15, 0.2) is 18.2 Å². The van der Waals surface area contributed by atoms with Crippen LogP contribution < -0.4 is 10.1 Å². The molecule has 1 unspecified atom stereocenters. The molecule has 0 aromatic heterocycles. The van der Waals surface area contributed by atoms with E-state index in [9.17, 15) is 4.39 Å². The molecule has 0 saturated carbocycles. The third-order valence-corrected chi connectivity index (χ3v) is 2.53. The van der Waals surface area contributed by atoms with Crippen LogP contribution in [-0.2, 0) is 0 Å². The molecule has 0 aliphatic heterocycles. The smallest absolute Gasteiger partial charge is 0.131 e. The average molecular weight is 239 g/mol. The van der Waals surface area contributed by atoms with Gasteiger partial charge in [-0.1, -0.05) is 26.8 Å². The minimum Gasteiger partial charge on any atom is -0.493 e. The standard InChI is InChI=1S/C14H22FNO/c1-5-16-11(4)14-12(15)7-6-8-13(14)17-9-10(2)3/h6-8,10-11,16H,5,9H2,1-4H3. The predicted octanol–water partition coefficient (Wildman–Crippen LogP) is 3.53. The third-order valence-electron chi connectivity index (χ3n) is 2.53. The lowest BCUT2D eigenvalue weighted by Gasteiger charge is -2.19. The van der Waals surface area contributed by atoms with E-state index >= 15 is 0 Å². The fourth-order valence-electron chi connectivity index (χ4n) is 1.73. The molecule has 0 aliphatic rings. The van der Waals surface area contributed by atoms with Gasteiger partial charge < -0.3 is 10.1 Å². The predicted molar refractivity (Wildman–Crippen MR) is 68.8 cm³/mol. The molecular formula is C14H22FNO. The van der Waals surface area contributed by atoms with Gasteiger partial charge in [-0.25, -0.2) is 4.39 Å². The normalized spacial score (nSPS) is 12.8. The van der Waals surface area contributed by atoms with Crippen molar-refractivity contribution < 1.29 is 9.13 Å². The first kappa shape index (κ1) is 14.0. The average Bonchev–Trinajstić information content (AvgIpc) is 2.26. The van der Waals surface area contributed by atoms with Crippen LogP contribution in [0.3, 0.4) is 0 Å². The van der Waals surface area contributed by atoms with Gasteiger partial charge in [0.05, 0.1) is 6.61 Å². The van der Waals surface area contributed by atoms with E-state index in [4.69, 9.17) is 4.74 Å². The van der Waals surface area contributed by atoms with Gasteiger partial charge in [-0.3, -0.25) is 0 Å². The van der Waals surface area contributed by atoms with E-state index in [1.807, 2.05) is 19.9 Å². The van der Waals surface area contributed by atoms with Crippen LogP contribution in [0.4, 0.5) is 4.39 Å². The molecule has 1 aromatic rings. The highest BCUT2D eigenvalue weighted by Crippen LogP contribution is 2.28. The lowest BCUT2D eigenvalue weighted by atomic mass is 10.1. The monoisotopic (exact) mass is 239 g/mol. The van der Waals surface area contributed by atoms with E-state index in [0.29, 0.717) is 23.8 Å². The van der Waals surface area contributed by atoms with Crippen LogP contribution in [0.5, 0.6) is 5.75 Å². The Hall–Kier alpha value is -1.09. The Labute approximate surface area is 103 Å². The molecule has 2 nitrogen and oxygen atoms in total. The summed E-state index contributed by atoms with van der Waals surface area (Å²) in [6.07, 6.45) is 0. The van der Waals surface area contributed by atoms with Crippen molar-refractivity contribution in [2.24, 2.45) is 5.92 Å². The molecular weight excluding hydrogens is 217 g/mol. The fraction of sp³-hybridized carbons (Fsp3) is 0.571. The second kappa shape index (κ2) is 6.60. The molecule has 0 fully saturated rings.